The number of nitro groups is 1. The van der Waals surface area contributed by atoms with E-state index in [1.807, 2.05) is 6.92 Å². The molecule has 0 aliphatic heterocycles. The summed E-state index contributed by atoms with van der Waals surface area (Å²) in [5, 5.41) is 23.1. The van der Waals surface area contributed by atoms with Crippen molar-refractivity contribution < 1.29 is 19.5 Å². The molecule has 1 unspecified atom stereocenters. The fourth-order valence-electron chi connectivity index (χ4n) is 1.63. The molecule has 0 saturated carbocycles. The molecule has 106 valence electrons. The topological polar surface area (TPSA) is 93.9 Å². The van der Waals surface area contributed by atoms with E-state index < -0.39 is 4.92 Å². The smallest absolute Gasteiger partial charge is 0.296 e. The molecule has 0 aliphatic rings. The lowest BCUT2D eigenvalue weighted by atomic mass is 10.2. The van der Waals surface area contributed by atoms with Crippen LogP contribution in [-0.2, 0) is 0 Å². The van der Waals surface area contributed by atoms with Gasteiger partial charge in [0, 0.05) is 12.1 Å². The van der Waals surface area contributed by atoms with E-state index in [2.05, 4.69) is 5.32 Å². The summed E-state index contributed by atoms with van der Waals surface area (Å²) < 4.78 is 10.1. The molecule has 7 heteroatoms. The molecule has 0 fully saturated rings. The van der Waals surface area contributed by atoms with Gasteiger partial charge in [-0.2, -0.15) is 0 Å². The number of nitrogens with zero attached hydrogens (tertiary/aromatic N) is 1. The Kier molecular flexibility index (Phi) is 5.37. The second-order valence-corrected chi connectivity index (χ2v) is 3.91. The highest BCUT2D eigenvalue weighted by molar-refractivity contribution is 5.68. The molecule has 1 rings (SSSR count). The lowest BCUT2D eigenvalue weighted by Crippen LogP contribution is -2.23. The molecular formula is C12H18N2O5. The zero-order valence-electron chi connectivity index (χ0n) is 11.2. The maximum atomic E-state index is 11.1. The first-order valence-electron chi connectivity index (χ1n) is 5.85. The van der Waals surface area contributed by atoms with E-state index in [1.54, 1.807) is 0 Å². The Morgan fingerprint density at radius 3 is 2.37 bits per heavy atom. The average Bonchev–Trinajstić information content (AvgIpc) is 2.43. The van der Waals surface area contributed by atoms with Gasteiger partial charge in [0.1, 0.15) is 5.69 Å². The molecule has 2 N–H and O–H groups in total. The molecule has 0 aliphatic carbocycles. The fraction of sp³-hybridized carbons (Fsp3) is 0.500. The van der Waals surface area contributed by atoms with Crippen molar-refractivity contribution in [1.82, 2.24) is 0 Å². The first kappa shape index (κ1) is 15.0. The third-order valence-electron chi connectivity index (χ3n) is 2.77. The number of anilines is 1. The second-order valence-electron chi connectivity index (χ2n) is 3.91. The largest absolute Gasteiger partial charge is 0.493 e. The molecule has 0 spiro atoms. The van der Waals surface area contributed by atoms with Crippen LogP contribution in [0.5, 0.6) is 11.5 Å². The monoisotopic (exact) mass is 270 g/mol. The highest BCUT2D eigenvalue weighted by Crippen LogP contribution is 2.37. The molecular weight excluding hydrogens is 252 g/mol. The van der Waals surface area contributed by atoms with Crippen LogP contribution in [0.2, 0.25) is 0 Å². The van der Waals surface area contributed by atoms with Gasteiger partial charge in [0.2, 0.25) is 0 Å². The number of nitrogens with one attached hydrogen (secondary N) is 1. The summed E-state index contributed by atoms with van der Waals surface area (Å²) >= 11 is 0. The lowest BCUT2D eigenvalue weighted by molar-refractivity contribution is -0.384. The predicted octanol–water partition coefficient (Wildman–Crippen LogP) is 1.79. The van der Waals surface area contributed by atoms with Gasteiger partial charge in [-0.15, -0.1) is 0 Å². The van der Waals surface area contributed by atoms with Gasteiger partial charge in [-0.1, -0.05) is 6.92 Å². The average molecular weight is 270 g/mol. The minimum absolute atomic E-state index is 0.109. The lowest BCUT2D eigenvalue weighted by Gasteiger charge is -2.17. The third kappa shape index (κ3) is 3.47. The van der Waals surface area contributed by atoms with Crippen LogP contribution in [0.1, 0.15) is 13.3 Å². The first-order chi connectivity index (χ1) is 9.07. The zero-order valence-corrected chi connectivity index (χ0v) is 11.2. The van der Waals surface area contributed by atoms with Crippen molar-refractivity contribution in [3.63, 3.8) is 0 Å². The molecule has 19 heavy (non-hydrogen) atoms. The van der Waals surface area contributed by atoms with E-state index in [9.17, 15) is 10.1 Å². The Balaban J connectivity index is 3.23. The van der Waals surface area contributed by atoms with Crippen LogP contribution in [0, 0.1) is 10.1 Å². The van der Waals surface area contributed by atoms with Crippen LogP contribution in [-0.4, -0.2) is 36.9 Å². The van der Waals surface area contributed by atoms with Gasteiger partial charge in [0.25, 0.3) is 5.69 Å². The summed E-state index contributed by atoms with van der Waals surface area (Å²) in [6.07, 6.45) is 0.641. The van der Waals surface area contributed by atoms with Gasteiger partial charge in [-0.3, -0.25) is 10.1 Å². The van der Waals surface area contributed by atoms with Crippen LogP contribution >= 0.6 is 0 Å². The summed E-state index contributed by atoms with van der Waals surface area (Å²) in [6, 6.07) is 2.54. The van der Waals surface area contributed by atoms with Crippen LogP contribution in [0.3, 0.4) is 0 Å². The number of aliphatic hydroxyl groups excluding tert-OH is 1. The quantitative estimate of drug-likeness (QED) is 0.579. The molecule has 0 amide bonds. The third-order valence-corrected chi connectivity index (χ3v) is 2.77. The normalized spacial score (nSPS) is 11.8. The van der Waals surface area contributed by atoms with Crippen LogP contribution in [0.4, 0.5) is 11.4 Å². The van der Waals surface area contributed by atoms with Crippen LogP contribution < -0.4 is 14.8 Å². The second kappa shape index (κ2) is 6.79. The van der Waals surface area contributed by atoms with Gasteiger partial charge in [0.15, 0.2) is 11.5 Å². The number of ether oxygens (including phenoxy) is 2. The van der Waals surface area contributed by atoms with Gasteiger partial charge in [0.05, 0.1) is 31.8 Å². The SMILES string of the molecule is CCC(CO)Nc1cc(OC)c(OC)cc1[N+](=O)[O-]. The van der Waals surface area contributed by atoms with Gasteiger partial charge in [-0.25, -0.2) is 0 Å². The molecule has 1 aromatic carbocycles. The first-order valence-corrected chi connectivity index (χ1v) is 5.85. The van der Waals surface area contributed by atoms with Gasteiger partial charge in [-0.05, 0) is 6.42 Å². The van der Waals surface area contributed by atoms with Crippen LogP contribution in [0.15, 0.2) is 12.1 Å². The molecule has 0 saturated heterocycles. The number of methoxy groups -OCH3 is 2. The Labute approximate surface area is 111 Å². The summed E-state index contributed by atoms with van der Waals surface area (Å²) in [5.41, 5.74) is 0.174. The van der Waals surface area contributed by atoms with E-state index in [0.717, 1.165) is 0 Å². The highest BCUT2D eigenvalue weighted by Gasteiger charge is 2.21. The summed E-state index contributed by atoms with van der Waals surface area (Å²) in [6.45, 7) is 1.77. The Bertz CT molecular complexity index is 446. The maximum absolute atomic E-state index is 11.1. The Morgan fingerprint density at radius 2 is 1.95 bits per heavy atom. The van der Waals surface area contributed by atoms with E-state index >= 15 is 0 Å². The number of hydrogen-bond acceptors (Lipinski definition) is 6. The predicted molar refractivity (Wildman–Crippen MR) is 71.0 cm³/mol. The summed E-state index contributed by atoms with van der Waals surface area (Å²) in [5.74, 6) is 0.681. The molecule has 1 aromatic rings. The Morgan fingerprint density at radius 1 is 1.37 bits per heavy atom. The minimum Gasteiger partial charge on any atom is -0.493 e. The standard InChI is InChI=1S/C12H18N2O5/c1-4-8(7-15)13-9-5-11(18-2)12(19-3)6-10(9)14(16)17/h5-6,8,13,15H,4,7H2,1-3H3. The van der Waals surface area contributed by atoms with Crippen LogP contribution in [0.25, 0.3) is 0 Å². The number of aliphatic hydroxyl groups is 1. The molecule has 0 aromatic heterocycles. The van der Waals surface area contributed by atoms with Crippen molar-refractivity contribution >= 4 is 11.4 Å². The molecule has 7 nitrogen and oxygen atoms in total. The van der Waals surface area contributed by atoms with E-state index in [4.69, 9.17) is 14.6 Å². The van der Waals surface area contributed by atoms with Gasteiger partial charge < -0.3 is 19.9 Å². The van der Waals surface area contributed by atoms with E-state index in [1.165, 1.54) is 26.4 Å². The molecule has 0 radical (unpaired) electrons. The number of hydrogen-bond donors (Lipinski definition) is 2. The molecule has 0 bridgehead atoms. The van der Waals surface area contributed by atoms with Crippen molar-refractivity contribution in [2.45, 2.75) is 19.4 Å². The van der Waals surface area contributed by atoms with Crippen molar-refractivity contribution in [3.8, 4) is 11.5 Å². The van der Waals surface area contributed by atoms with Crippen molar-refractivity contribution in [2.24, 2.45) is 0 Å². The van der Waals surface area contributed by atoms with E-state index in [0.29, 0.717) is 17.9 Å². The van der Waals surface area contributed by atoms with Crippen molar-refractivity contribution in [3.05, 3.63) is 22.2 Å². The zero-order chi connectivity index (χ0) is 14.4. The minimum atomic E-state index is -0.506. The Hall–Kier alpha value is -2.02. The van der Waals surface area contributed by atoms with E-state index in [-0.39, 0.29) is 24.1 Å². The molecule has 1 atom stereocenters. The number of rotatable bonds is 7. The van der Waals surface area contributed by atoms with Crippen molar-refractivity contribution in [1.29, 1.82) is 0 Å². The summed E-state index contributed by atoms with van der Waals surface area (Å²) in [4.78, 5) is 10.5. The number of benzene rings is 1. The van der Waals surface area contributed by atoms with Crippen molar-refractivity contribution in [2.75, 3.05) is 26.1 Å². The highest BCUT2D eigenvalue weighted by atomic mass is 16.6. The molecule has 0 heterocycles. The maximum Gasteiger partial charge on any atom is 0.296 e. The van der Waals surface area contributed by atoms with Gasteiger partial charge >= 0.3 is 0 Å². The fourth-order valence-corrected chi connectivity index (χ4v) is 1.63. The number of nitro benzene ring substituents is 1. The summed E-state index contributed by atoms with van der Waals surface area (Å²) in [7, 11) is 2.87.